The Labute approximate surface area is 142 Å². The van der Waals surface area contributed by atoms with Crippen LogP contribution in [0.15, 0.2) is 91.0 Å². The van der Waals surface area contributed by atoms with Crippen LogP contribution in [-0.4, -0.2) is 12.8 Å². The Bertz CT molecular complexity index is 813. The average molecular weight is 334 g/mol. The highest BCUT2D eigenvalue weighted by Crippen LogP contribution is 2.54. The van der Waals surface area contributed by atoms with Crippen LogP contribution in [0.25, 0.3) is 0 Å². The lowest BCUT2D eigenvalue weighted by atomic mass is 10.0. The molecule has 0 N–H and O–H groups in total. The molecule has 3 aromatic carbocycles. The molecule has 0 saturated carbocycles. The Hall–Kier alpha value is -2.15. The monoisotopic (exact) mass is 334 g/mol. The number of hydrogen-bond acceptors (Lipinski definition) is 2. The van der Waals surface area contributed by atoms with Crippen LogP contribution in [0.3, 0.4) is 0 Å². The smallest absolute Gasteiger partial charge is 0.146 e. The van der Waals surface area contributed by atoms with Crippen molar-refractivity contribution >= 4 is 17.8 Å². The van der Waals surface area contributed by atoms with Crippen molar-refractivity contribution in [3.8, 4) is 0 Å². The number of hydrogen-bond donors (Lipinski definition) is 0. The van der Waals surface area contributed by atoms with Crippen LogP contribution >= 0.6 is 7.14 Å². The third-order valence-electron chi connectivity index (χ3n) is 4.62. The molecule has 1 aliphatic heterocycles. The van der Waals surface area contributed by atoms with Crippen LogP contribution < -0.4 is 10.6 Å². The predicted molar refractivity (Wildman–Crippen MR) is 98.7 cm³/mol. The Morgan fingerprint density at radius 2 is 1.17 bits per heavy atom. The van der Waals surface area contributed by atoms with Gasteiger partial charge in [0.2, 0.25) is 0 Å². The zero-order valence-electron chi connectivity index (χ0n) is 13.3. The molecule has 120 valence electrons. The van der Waals surface area contributed by atoms with Gasteiger partial charge in [-0.15, -0.1) is 0 Å². The lowest BCUT2D eigenvalue weighted by Crippen LogP contribution is -2.26. The Balaban J connectivity index is 1.79. The molecule has 1 fully saturated rings. The van der Waals surface area contributed by atoms with Gasteiger partial charge in [0.1, 0.15) is 12.7 Å². The molecule has 2 nitrogen and oxygen atoms in total. The Kier molecular flexibility index (Phi) is 3.88. The van der Waals surface area contributed by atoms with Crippen molar-refractivity contribution in [1.29, 1.82) is 0 Å². The van der Waals surface area contributed by atoms with Crippen molar-refractivity contribution in [3.05, 3.63) is 96.6 Å². The predicted octanol–water partition coefficient (Wildman–Crippen LogP) is 3.93. The maximum atomic E-state index is 14.2. The first-order chi connectivity index (χ1) is 11.7. The summed E-state index contributed by atoms with van der Waals surface area (Å²) in [6, 6.07) is 29.7. The van der Waals surface area contributed by atoms with Gasteiger partial charge in [0.05, 0.1) is 6.61 Å². The van der Waals surface area contributed by atoms with Crippen molar-refractivity contribution < 1.29 is 9.30 Å². The Morgan fingerprint density at radius 3 is 1.58 bits per heavy atom. The van der Waals surface area contributed by atoms with Crippen LogP contribution in [0.1, 0.15) is 5.56 Å². The summed E-state index contributed by atoms with van der Waals surface area (Å²) < 4.78 is 20.0. The summed E-state index contributed by atoms with van der Waals surface area (Å²) in [5.74, 6) is 0. The van der Waals surface area contributed by atoms with Crippen LogP contribution in [0, 0.1) is 0 Å². The molecule has 0 radical (unpaired) electrons. The summed E-state index contributed by atoms with van der Waals surface area (Å²) >= 11 is 0. The van der Waals surface area contributed by atoms with Crippen molar-refractivity contribution in [3.63, 3.8) is 0 Å². The molecule has 1 saturated heterocycles. The molecule has 3 heteroatoms. The molecular formula is C21H19O2P. The van der Waals surface area contributed by atoms with E-state index in [1.807, 2.05) is 78.9 Å². The summed E-state index contributed by atoms with van der Waals surface area (Å²) in [6.45, 7) is 0.626. The van der Waals surface area contributed by atoms with Crippen LogP contribution in [0.5, 0.6) is 0 Å². The SMILES string of the molecule is O=P(C[C@@]1(c2ccccc2)CO1)(c1ccccc1)c1ccccc1. The molecule has 1 aliphatic rings. The van der Waals surface area contributed by atoms with Gasteiger partial charge in [-0.3, -0.25) is 0 Å². The third-order valence-corrected chi connectivity index (χ3v) is 7.84. The lowest BCUT2D eigenvalue weighted by Gasteiger charge is -2.23. The van der Waals surface area contributed by atoms with Gasteiger partial charge in [-0.05, 0) is 5.56 Å². The zero-order valence-corrected chi connectivity index (χ0v) is 14.2. The molecule has 24 heavy (non-hydrogen) atoms. The van der Waals surface area contributed by atoms with E-state index < -0.39 is 12.7 Å². The van der Waals surface area contributed by atoms with Gasteiger partial charge in [-0.1, -0.05) is 91.0 Å². The van der Waals surface area contributed by atoms with Gasteiger partial charge in [0, 0.05) is 16.8 Å². The number of benzene rings is 3. The molecule has 0 unspecified atom stereocenters. The first kappa shape index (κ1) is 15.4. The van der Waals surface area contributed by atoms with Crippen molar-refractivity contribution in [2.24, 2.45) is 0 Å². The molecule has 0 bridgehead atoms. The van der Waals surface area contributed by atoms with E-state index in [0.717, 1.165) is 16.2 Å². The van der Waals surface area contributed by atoms with Gasteiger partial charge in [0.15, 0.2) is 0 Å². The topological polar surface area (TPSA) is 29.6 Å². The van der Waals surface area contributed by atoms with E-state index in [-0.39, 0.29) is 0 Å². The highest BCUT2D eigenvalue weighted by Gasteiger charge is 2.51. The van der Waals surface area contributed by atoms with Gasteiger partial charge in [0.25, 0.3) is 0 Å². The van der Waals surface area contributed by atoms with Crippen LogP contribution in [0.4, 0.5) is 0 Å². The Morgan fingerprint density at radius 1 is 0.750 bits per heavy atom. The molecule has 0 amide bonds. The molecule has 1 heterocycles. The van der Waals surface area contributed by atoms with E-state index in [2.05, 4.69) is 12.1 Å². The first-order valence-electron chi connectivity index (χ1n) is 8.13. The fraction of sp³-hybridized carbons (Fsp3) is 0.143. The van der Waals surface area contributed by atoms with E-state index in [9.17, 15) is 4.57 Å². The fourth-order valence-electron chi connectivity index (χ4n) is 3.21. The molecule has 3 aromatic rings. The van der Waals surface area contributed by atoms with E-state index in [0.29, 0.717) is 12.8 Å². The molecule has 4 rings (SSSR count). The summed E-state index contributed by atoms with van der Waals surface area (Å²) in [5.41, 5.74) is 0.680. The standard InChI is InChI=1S/C21H19O2P/c22-24(19-12-6-2-7-13-19,20-14-8-3-9-15-20)17-21(16-23-21)18-10-4-1-5-11-18/h1-15H,16-17H2/t21-/m1/s1. The summed E-state index contributed by atoms with van der Waals surface area (Å²) in [4.78, 5) is 0. The van der Waals surface area contributed by atoms with Gasteiger partial charge in [-0.2, -0.15) is 0 Å². The number of ether oxygens (including phenoxy) is 1. The van der Waals surface area contributed by atoms with E-state index in [4.69, 9.17) is 4.74 Å². The summed E-state index contributed by atoms with van der Waals surface area (Å²) in [7, 11) is -2.77. The summed E-state index contributed by atoms with van der Waals surface area (Å²) in [5, 5.41) is 1.78. The third kappa shape index (κ3) is 2.73. The largest absolute Gasteiger partial charge is 0.364 e. The molecule has 0 spiro atoms. The second-order valence-electron chi connectivity index (χ2n) is 6.22. The quantitative estimate of drug-likeness (QED) is 0.523. The highest BCUT2D eigenvalue weighted by atomic mass is 31.2. The van der Waals surface area contributed by atoms with E-state index >= 15 is 0 Å². The van der Waals surface area contributed by atoms with Gasteiger partial charge >= 0.3 is 0 Å². The minimum absolute atomic E-state index is 0.428. The van der Waals surface area contributed by atoms with E-state index in [1.54, 1.807) is 0 Å². The molecule has 1 atom stereocenters. The fourth-order valence-corrected chi connectivity index (χ4v) is 6.26. The summed E-state index contributed by atoms with van der Waals surface area (Å²) in [6.07, 6.45) is 0.498. The zero-order chi connectivity index (χ0) is 16.5. The van der Waals surface area contributed by atoms with Crippen LogP contribution in [0.2, 0.25) is 0 Å². The normalized spacial score (nSPS) is 19.8. The van der Waals surface area contributed by atoms with Crippen LogP contribution in [-0.2, 0) is 14.9 Å². The minimum Gasteiger partial charge on any atom is -0.364 e. The van der Waals surface area contributed by atoms with Crippen molar-refractivity contribution in [2.45, 2.75) is 5.60 Å². The maximum Gasteiger partial charge on any atom is 0.146 e. The highest BCUT2D eigenvalue weighted by molar-refractivity contribution is 7.78. The van der Waals surface area contributed by atoms with Crippen molar-refractivity contribution in [2.75, 3.05) is 12.8 Å². The van der Waals surface area contributed by atoms with Crippen molar-refractivity contribution in [1.82, 2.24) is 0 Å². The van der Waals surface area contributed by atoms with Gasteiger partial charge < -0.3 is 9.30 Å². The maximum absolute atomic E-state index is 14.2. The molecule has 0 aliphatic carbocycles. The average Bonchev–Trinajstić information content (AvgIpc) is 3.44. The minimum atomic E-state index is -2.77. The van der Waals surface area contributed by atoms with E-state index in [1.165, 1.54) is 0 Å². The molecular weight excluding hydrogens is 315 g/mol. The first-order valence-corrected chi connectivity index (χ1v) is 10.0. The number of epoxide rings is 1. The second-order valence-corrected chi connectivity index (χ2v) is 9.05. The molecule has 0 aromatic heterocycles. The second kappa shape index (κ2) is 6.05. The number of rotatable bonds is 5. The van der Waals surface area contributed by atoms with Gasteiger partial charge in [-0.25, -0.2) is 0 Å². The lowest BCUT2D eigenvalue weighted by molar-refractivity contribution is 0.331.